The van der Waals surface area contributed by atoms with Gasteiger partial charge >= 0.3 is 5.97 Å². The van der Waals surface area contributed by atoms with E-state index in [2.05, 4.69) is 40.7 Å². The van der Waals surface area contributed by atoms with Crippen LogP contribution in [-0.2, 0) is 9.53 Å². The van der Waals surface area contributed by atoms with Crippen molar-refractivity contribution in [1.82, 2.24) is 0 Å². The lowest BCUT2D eigenvalue weighted by Crippen LogP contribution is -2.54. The van der Waals surface area contributed by atoms with Gasteiger partial charge in [0.1, 0.15) is 0 Å². The Bertz CT molecular complexity index is 564. The predicted molar refractivity (Wildman–Crippen MR) is 116 cm³/mol. The van der Waals surface area contributed by atoms with Gasteiger partial charge in [0.25, 0.3) is 0 Å². The second-order valence-corrected chi connectivity index (χ2v) is 10.6. The lowest BCUT2D eigenvalue weighted by molar-refractivity contribution is -0.148. The molecular formula is C25H44O3. The first-order valence-corrected chi connectivity index (χ1v) is 11.5. The van der Waals surface area contributed by atoms with Crippen molar-refractivity contribution in [2.24, 2.45) is 34.5 Å². The van der Waals surface area contributed by atoms with E-state index in [1.807, 2.05) is 13.8 Å². The highest BCUT2D eigenvalue weighted by Crippen LogP contribution is 2.60. The summed E-state index contributed by atoms with van der Waals surface area (Å²) in [6, 6.07) is 0. The first-order chi connectivity index (χ1) is 13.0. The van der Waals surface area contributed by atoms with E-state index < -0.39 is 0 Å². The van der Waals surface area contributed by atoms with Crippen molar-refractivity contribution in [1.29, 1.82) is 0 Å². The third kappa shape index (κ3) is 4.83. The highest BCUT2D eigenvalue weighted by molar-refractivity contribution is 5.71. The minimum atomic E-state index is -0.183. The van der Waals surface area contributed by atoms with Gasteiger partial charge in [-0.2, -0.15) is 0 Å². The fourth-order valence-corrected chi connectivity index (χ4v) is 5.85. The van der Waals surface area contributed by atoms with Crippen molar-refractivity contribution in [3.63, 3.8) is 0 Å². The van der Waals surface area contributed by atoms with Crippen LogP contribution in [0.25, 0.3) is 0 Å². The Balaban J connectivity index is 1.93. The summed E-state index contributed by atoms with van der Waals surface area (Å²) in [4.78, 5) is 11.8. The zero-order chi connectivity index (χ0) is 21.1. The molecule has 3 heteroatoms. The minimum absolute atomic E-state index is 0.00669. The van der Waals surface area contributed by atoms with Gasteiger partial charge in [0.2, 0.25) is 0 Å². The maximum Gasteiger partial charge on any atom is 0.308 e. The highest BCUT2D eigenvalue weighted by atomic mass is 16.5. The smallest absolute Gasteiger partial charge is 0.308 e. The summed E-state index contributed by atoms with van der Waals surface area (Å²) in [5, 5.41) is 10.6. The average molecular weight is 393 g/mol. The van der Waals surface area contributed by atoms with Crippen molar-refractivity contribution in [3.8, 4) is 0 Å². The van der Waals surface area contributed by atoms with Gasteiger partial charge in [-0.3, -0.25) is 4.79 Å². The maximum atomic E-state index is 11.8. The molecule has 1 N–H and O–H groups in total. The first-order valence-electron chi connectivity index (χ1n) is 11.5. The molecular weight excluding hydrogens is 348 g/mol. The van der Waals surface area contributed by atoms with Crippen LogP contribution >= 0.6 is 0 Å². The number of hydrogen-bond donors (Lipinski definition) is 1. The van der Waals surface area contributed by atoms with Crippen molar-refractivity contribution >= 4 is 5.97 Å². The summed E-state index contributed by atoms with van der Waals surface area (Å²) in [5.41, 5.74) is 1.81. The topological polar surface area (TPSA) is 46.5 Å². The normalized spacial score (nSPS) is 34.1. The van der Waals surface area contributed by atoms with Crippen LogP contribution in [0.3, 0.4) is 0 Å². The number of hydrogen-bond acceptors (Lipinski definition) is 3. The van der Waals surface area contributed by atoms with Crippen LogP contribution in [0.1, 0.15) is 93.4 Å². The van der Waals surface area contributed by atoms with Gasteiger partial charge in [-0.15, -0.1) is 0 Å². The summed E-state index contributed by atoms with van der Waals surface area (Å²) >= 11 is 0. The second kappa shape index (κ2) is 9.32. The zero-order valence-corrected chi connectivity index (χ0v) is 19.4. The molecule has 6 atom stereocenters. The molecule has 0 spiro atoms. The quantitative estimate of drug-likeness (QED) is 0.398. The summed E-state index contributed by atoms with van der Waals surface area (Å²) in [6.45, 7) is 16.1. The van der Waals surface area contributed by atoms with Crippen LogP contribution in [0.15, 0.2) is 11.6 Å². The fraction of sp³-hybridized carbons (Fsp3) is 0.880. The third-order valence-electron chi connectivity index (χ3n) is 8.35. The van der Waals surface area contributed by atoms with Crippen molar-refractivity contribution < 1.29 is 14.6 Å². The predicted octanol–water partition coefficient (Wildman–Crippen LogP) is 6.15. The molecule has 0 aliphatic heterocycles. The number of carbonyl (C=O) groups is 1. The second-order valence-electron chi connectivity index (χ2n) is 10.6. The number of aliphatic hydroxyl groups is 1. The summed E-state index contributed by atoms with van der Waals surface area (Å²) < 4.78 is 5.44. The van der Waals surface area contributed by atoms with E-state index in [9.17, 15) is 9.90 Å². The molecule has 2 aliphatic carbocycles. The van der Waals surface area contributed by atoms with E-state index in [0.717, 1.165) is 32.1 Å². The van der Waals surface area contributed by atoms with Crippen LogP contribution in [0, 0.1) is 34.5 Å². The number of fused-ring (bicyclic) bond motifs is 1. The number of ether oxygens (including phenoxy) is 1. The van der Waals surface area contributed by atoms with Crippen molar-refractivity contribution in [2.45, 2.75) is 99.5 Å². The molecule has 2 aliphatic rings. The van der Waals surface area contributed by atoms with Gasteiger partial charge in [-0.25, -0.2) is 0 Å². The number of allylic oxidation sites excluding steroid dienone is 2. The molecule has 0 aromatic heterocycles. The molecule has 0 radical (unpaired) electrons. The van der Waals surface area contributed by atoms with Crippen LogP contribution in [0.4, 0.5) is 0 Å². The molecule has 0 amide bonds. The summed E-state index contributed by atoms with van der Waals surface area (Å²) in [6.07, 6.45) is 9.55. The molecule has 0 heterocycles. The molecule has 0 aromatic carbocycles. The minimum Gasteiger partial charge on any atom is -0.465 e. The third-order valence-corrected chi connectivity index (χ3v) is 8.35. The SMILES string of the molecule is CCC(C)C(=O)OCCC(C)CCC1C(C)=CCC2C(C)(C)C(O)CCC12C. The van der Waals surface area contributed by atoms with Gasteiger partial charge in [-0.05, 0) is 80.5 Å². The van der Waals surface area contributed by atoms with Crippen molar-refractivity contribution in [2.75, 3.05) is 6.61 Å². The van der Waals surface area contributed by atoms with Gasteiger partial charge < -0.3 is 9.84 Å². The standard InChI is InChI=1S/C25H44O3/c1-8-18(3)23(27)28-16-14-17(2)9-11-20-19(4)10-12-21-24(5,6)22(26)13-15-25(20,21)7/h10,17-18,20-22,26H,8-9,11-16H2,1-7H3. The number of esters is 1. The number of carbonyl (C=O) groups excluding carboxylic acids is 1. The Hall–Kier alpha value is -0.830. The van der Waals surface area contributed by atoms with Crippen LogP contribution in [0.5, 0.6) is 0 Å². The Morgan fingerprint density at radius 1 is 1.29 bits per heavy atom. The molecule has 6 unspecified atom stereocenters. The molecule has 3 nitrogen and oxygen atoms in total. The Kier molecular flexibility index (Phi) is 7.81. The number of rotatable bonds is 8. The van der Waals surface area contributed by atoms with Gasteiger partial charge in [0.05, 0.1) is 18.6 Å². The maximum absolute atomic E-state index is 11.8. The molecule has 28 heavy (non-hydrogen) atoms. The van der Waals surface area contributed by atoms with E-state index in [1.165, 1.54) is 12.8 Å². The molecule has 1 fully saturated rings. The molecule has 0 bridgehead atoms. The summed E-state index contributed by atoms with van der Waals surface area (Å²) in [5.74, 6) is 1.66. The van der Waals surface area contributed by atoms with E-state index in [-0.39, 0.29) is 28.8 Å². The molecule has 2 rings (SSSR count). The van der Waals surface area contributed by atoms with Crippen LogP contribution in [0.2, 0.25) is 0 Å². The van der Waals surface area contributed by atoms with E-state index in [1.54, 1.807) is 5.57 Å². The van der Waals surface area contributed by atoms with Gasteiger partial charge in [-0.1, -0.05) is 53.2 Å². The monoisotopic (exact) mass is 392 g/mol. The van der Waals surface area contributed by atoms with Crippen molar-refractivity contribution in [3.05, 3.63) is 11.6 Å². The van der Waals surface area contributed by atoms with Crippen LogP contribution in [-0.4, -0.2) is 23.8 Å². The Morgan fingerprint density at radius 2 is 1.96 bits per heavy atom. The molecule has 0 aromatic rings. The Morgan fingerprint density at radius 3 is 2.61 bits per heavy atom. The van der Waals surface area contributed by atoms with E-state index in [0.29, 0.717) is 24.4 Å². The highest BCUT2D eigenvalue weighted by Gasteiger charge is 2.54. The Labute approximate surface area is 173 Å². The fourth-order valence-electron chi connectivity index (χ4n) is 5.85. The van der Waals surface area contributed by atoms with Gasteiger partial charge in [0, 0.05) is 0 Å². The molecule has 1 saturated carbocycles. The lowest BCUT2D eigenvalue weighted by Gasteiger charge is -2.58. The van der Waals surface area contributed by atoms with E-state index >= 15 is 0 Å². The van der Waals surface area contributed by atoms with E-state index in [4.69, 9.17) is 4.74 Å². The average Bonchev–Trinajstić information content (AvgIpc) is 2.63. The lowest BCUT2D eigenvalue weighted by atomic mass is 9.47. The zero-order valence-electron chi connectivity index (χ0n) is 19.4. The van der Waals surface area contributed by atoms with Crippen LogP contribution < -0.4 is 0 Å². The van der Waals surface area contributed by atoms with Gasteiger partial charge in [0.15, 0.2) is 0 Å². The first kappa shape index (κ1) is 23.4. The molecule has 0 saturated heterocycles. The molecule has 162 valence electrons. The number of aliphatic hydroxyl groups excluding tert-OH is 1. The summed E-state index contributed by atoms with van der Waals surface area (Å²) in [7, 11) is 0. The largest absolute Gasteiger partial charge is 0.465 e.